The van der Waals surface area contributed by atoms with Gasteiger partial charge in [-0.2, -0.15) is 0 Å². The Kier molecular flexibility index (Phi) is 7.05. The third kappa shape index (κ3) is 5.27. The van der Waals surface area contributed by atoms with Gasteiger partial charge in [-0.3, -0.25) is 4.79 Å². The van der Waals surface area contributed by atoms with Crippen molar-refractivity contribution in [2.45, 2.75) is 18.5 Å². The smallest absolute Gasteiger partial charge is 0.150 e. The second-order valence-electron chi connectivity index (χ2n) is 7.83. The monoisotopic (exact) mass is 459 g/mol. The molecule has 0 bridgehead atoms. The Morgan fingerprint density at radius 2 is 1.88 bits per heavy atom. The third-order valence-corrected chi connectivity index (χ3v) is 7.02. The molecule has 1 N–H and O–H groups in total. The first-order valence-corrected chi connectivity index (χ1v) is 11.9. The highest BCUT2D eigenvalue weighted by molar-refractivity contribution is 8.00. The fourth-order valence-corrected chi connectivity index (χ4v) is 5.15. The van der Waals surface area contributed by atoms with Crippen molar-refractivity contribution in [3.05, 3.63) is 89.6 Å². The fraction of sp³-hybridized carbons (Fsp3) is 0.154. The Morgan fingerprint density at radius 3 is 2.62 bits per heavy atom. The first-order valence-electron chi connectivity index (χ1n) is 10.3. The molecule has 0 aliphatic carbocycles. The van der Waals surface area contributed by atoms with E-state index >= 15 is 0 Å². The summed E-state index contributed by atoms with van der Waals surface area (Å²) in [6.07, 6.45) is 2.73. The van der Waals surface area contributed by atoms with Crippen molar-refractivity contribution in [1.29, 1.82) is 0 Å². The van der Waals surface area contributed by atoms with E-state index in [-0.39, 0.29) is 0 Å². The van der Waals surface area contributed by atoms with Crippen molar-refractivity contribution in [3.8, 4) is 20.9 Å². The van der Waals surface area contributed by atoms with Crippen LogP contribution in [0.1, 0.15) is 21.5 Å². The van der Waals surface area contributed by atoms with Crippen LogP contribution in [0.5, 0.6) is 0 Å². The largest absolute Gasteiger partial charge is 0.324 e. The number of hydrogen-bond acceptors (Lipinski definition) is 6. The number of anilines is 1. The van der Waals surface area contributed by atoms with E-state index in [4.69, 9.17) is 0 Å². The quantitative estimate of drug-likeness (QED) is 0.232. The number of hydrogen-bond donors (Lipinski definition) is 1. The molecule has 162 valence electrons. The lowest BCUT2D eigenvalue weighted by atomic mass is 10.0. The van der Waals surface area contributed by atoms with Gasteiger partial charge in [-0.15, -0.1) is 11.3 Å². The molecule has 4 nitrogen and oxygen atoms in total. The van der Waals surface area contributed by atoms with Crippen LogP contribution in [0.15, 0.2) is 78.0 Å². The molecule has 4 rings (SSSR count). The van der Waals surface area contributed by atoms with Crippen LogP contribution < -0.4 is 4.72 Å². The highest BCUT2D eigenvalue weighted by Crippen LogP contribution is 2.38. The van der Waals surface area contributed by atoms with Gasteiger partial charge in [0.25, 0.3) is 0 Å². The van der Waals surface area contributed by atoms with Crippen molar-refractivity contribution < 1.29 is 4.79 Å². The van der Waals surface area contributed by atoms with Crippen molar-refractivity contribution in [2.24, 2.45) is 0 Å². The highest BCUT2D eigenvalue weighted by Gasteiger charge is 2.11. The van der Waals surface area contributed by atoms with Crippen molar-refractivity contribution in [1.82, 2.24) is 9.88 Å². The number of thiophene rings is 1. The molecule has 0 atom stereocenters. The second-order valence-corrected chi connectivity index (χ2v) is 9.75. The van der Waals surface area contributed by atoms with Crippen LogP contribution in [0, 0.1) is 6.92 Å². The second kappa shape index (κ2) is 10.1. The molecule has 2 aromatic heterocycles. The SMILES string of the molecule is Cc1ccc(NSc2ccccn2)cc1-c1ccc(-c2ccc(C=O)c(CN(C)C)c2)s1. The van der Waals surface area contributed by atoms with Gasteiger partial charge in [0.1, 0.15) is 11.3 Å². The Balaban J connectivity index is 1.59. The zero-order valence-electron chi connectivity index (χ0n) is 18.3. The molecule has 0 radical (unpaired) electrons. The maximum atomic E-state index is 11.4. The van der Waals surface area contributed by atoms with E-state index < -0.39 is 0 Å². The van der Waals surface area contributed by atoms with Gasteiger partial charge in [0.2, 0.25) is 0 Å². The number of aromatic nitrogens is 1. The minimum Gasteiger partial charge on any atom is -0.324 e. The van der Waals surface area contributed by atoms with E-state index in [0.717, 1.165) is 40.2 Å². The number of pyridine rings is 1. The fourth-order valence-electron chi connectivity index (χ4n) is 3.46. The van der Waals surface area contributed by atoms with Crippen molar-refractivity contribution in [2.75, 3.05) is 18.8 Å². The lowest BCUT2D eigenvalue weighted by molar-refractivity contribution is 0.112. The molecule has 0 aliphatic rings. The van der Waals surface area contributed by atoms with E-state index in [9.17, 15) is 4.79 Å². The zero-order valence-corrected chi connectivity index (χ0v) is 20.0. The van der Waals surface area contributed by atoms with Gasteiger partial charge in [0.05, 0.1) is 0 Å². The number of nitrogens with one attached hydrogen (secondary N) is 1. The van der Waals surface area contributed by atoms with E-state index in [2.05, 4.69) is 57.9 Å². The summed E-state index contributed by atoms with van der Waals surface area (Å²) in [6, 6.07) is 22.7. The Hall–Kier alpha value is -2.93. The van der Waals surface area contributed by atoms with Gasteiger partial charge >= 0.3 is 0 Å². The predicted molar refractivity (Wildman–Crippen MR) is 136 cm³/mol. The minimum atomic E-state index is 0.737. The molecule has 32 heavy (non-hydrogen) atoms. The Bertz CT molecular complexity index is 1220. The standard InChI is InChI=1S/C26H25N3OS2/c1-18-7-10-22(28-32-26-6-4-5-13-27-26)15-23(18)25-12-11-24(31-25)19-8-9-20(17-30)21(14-19)16-29(2)3/h4-15,17,28H,16H2,1-3H3. The molecule has 0 saturated heterocycles. The average molecular weight is 460 g/mol. The summed E-state index contributed by atoms with van der Waals surface area (Å²) in [5, 5.41) is 0.931. The Labute approximate surface area is 197 Å². The van der Waals surface area contributed by atoms with Crippen LogP contribution >= 0.6 is 23.3 Å². The van der Waals surface area contributed by atoms with Gasteiger partial charge in [0.15, 0.2) is 0 Å². The van der Waals surface area contributed by atoms with Gasteiger partial charge in [-0.25, -0.2) is 4.98 Å². The molecule has 0 amide bonds. The maximum absolute atomic E-state index is 11.4. The summed E-state index contributed by atoms with van der Waals surface area (Å²) < 4.78 is 3.40. The van der Waals surface area contributed by atoms with Crippen molar-refractivity contribution in [3.63, 3.8) is 0 Å². The summed E-state index contributed by atoms with van der Waals surface area (Å²) in [6.45, 7) is 2.87. The number of benzene rings is 2. The minimum absolute atomic E-state index is 0.737. The number of aryl methyl sites for hydroxylation is 1. The van der Waals surface area contributed by atoms with Crippen molar-refractivity contribution >= 4 is 35.3 Å². The van der Waals surface area contributed by atoms with Gasteiger partial charge in [-0.1, -0.05) is 24.3 Å². The zero-order chi connectivity index (χ0) is 22.5. The number of carbonyl (C=O) groups is 1. The molecule has 6 heteroatoms. The first kappa shape index (κ1) is 22.3. The van der Waals surface area contributed by atoms with Gasteiger partial charge in [-0.05, 0) is 85.7 Å². The summed E-state index contributed by atoms with van der Waals surface area (Å²) in [5.41, 5.74) is 6.43. The third-order valence-electron chi connectivity index (χ3n) is 5.06. The van der Waals surface area contributed by atoms with E-state index in [1.165, 1.54) is 32.8 Å². The van der Waals surface area contributed by atoms with Crippen LogP contribution in [0.2, 0.25) is 0 Å². The summed E-state index contributed by atoms with van der Waals surface area (Å²) in [5.74, 6) is 0. The average Bonchev–Trinajstić information content (AvgIpc) is 3.29. The number of aldehydes is 1. The molecule has 0 fully saturated rings. The normalized spacial score (nSPS) is 11.0. The predicted octanol–water partition coefficient (Wildman–Crippen LogP) is 6.78. The molecule has 4 aromatic rings. The lowest BCUT2D eigenvalue weighted by Gasteiger charge is -2.13. The number of rotatable bonds is 8. The molecule has 0 aliphatic heterocycles. The van der Waals surface area contributed by atoms with Crippen LogP contribution in [0.4, 0.5) is 5.69 Å². The molecule has 2 aromatic carbocycles. The summed E-state index contributed by atoms with van der Waals surface area (Å²) >= 11 is 3.27. The van der Waals surface area contributed by atoms with E-state index in [1.807, 2.05) is 44.4 Å². The van der Waals surface area contributed by atoms with Crippen LogP contribution in [0.25, 0.3) is 20.9 Å². The molecule has 2 heterocycles. The van der Waals surface area contributed by atoms with Gasteiger partial charge in [0, 0.05) is 45.7 Å². The van der Waals surface area contributed by atoms with E-state index in [1.54, 1.807) is 17.5 Å². The number of carbonyl (C=O) groups excluding carboxylic acids is 1. The Morgan fingerprint density at radius 1 is 1.03 bits per heavy atom. The lowest BCUT2D eigenvalue weighted by Crippen LogP contribution is -2.12. The summed E-state index contributed by atoms with van der Waals surface area (Å²) in [4.78, 5) is 20.3. The molecule has 0 saturated carbocycles. The molecule has 0 spiro atoms. The molecular formula is C26H25N3OS2. The summed E-state index contributed by atoms with van der Waals surface area (Å²) in [7, 11) is 4.03. The molecular weight excluding hydrogens is 434 g/mol. The molecule has 0 unspecified atom stereocenters. The maximum Gasteiger partial charge on any atom is 0.150 e. The van der Waals surface area contributed by atoms with Crippen LogP contribution in [-0.4, -0.2) is 30.3 Å². The first-order chi connectivity index (χ1) is 15.5. The van der Waals surface area contributed by atoms with Crippen LogP contribution in [-0.2, 0) is 6.54 Å². The highest BCUT2D eigenvalue weighted by atomic mass is 32.2. The van der Waals surface area contributed by atoms with E-state index in [0.29, 0.717) is 0 Å². The van der Waals surface area contributed by atoms with Crippen LogP contribution in [0.3, 0.4) is 0 Å². The number of nitrogens with zero attached hydrogens (tertiary/aromatic N) is 2. The topological polar surface area (TPSA) is 45.2 Å². The van der Waals surface area contributed by atoms with Gasteiger partial charge < -0.3 is 9.62 Å².